The Hall–Kier alpha value is -2.03. The first-order valence-electron chi connectivity index (χ1n) is 5.51. The standard InChI is InChI=1S/C14H8BrClN2O2/c15-9-1-4-13(8(5-9)7-17)18-14(20)11-6-10(19)2-3-12(11)16/h1-6,19H,(H,18,20). The Balaban J connectivity index is 2.33. The molecule has 0 aliphatic heterocycles. The highest BCUT2D eigenvalue weighted by atomic mass is 79.9. The molecular formula is C14H8BrClN2O2. The molecule has 0 saturated heterocycles. The first-order chi connectivity index (χ1) is 9.51. The van der Waals surface area contributed by atoms with Crippen LogP contribution in [0.3, 0.4) is 0 Å². The van der Waals surface area contributed by atoms with Crippen molar-refractivity contribution >= 4 is 39.1 Å². The van der Waals surface area contributed by atoms with Gasteiger partial charge in [-0.2, -0.15) is 5.26 Å². The van der Waals surface area contributed by atoms with Gasteiger partial charge in [-0.15, -0.1) is 0 Å². The van der Waals surface area contributed by atoms with Crippen LogP contribution in [0.5, 0.6) is 5.75 Å². The molecule has 2 N–H and O–H groups in total. The lowest BCUT2D eigenvalue weighted by Crippen LogP contribution is -2.13. The van der Waals surface area contributed by atoms with Crippen molar-refractivity contribution in [3.63, 3.8) is 0 Å². The van der Waals surface area contributed by atoms with E-state index in [1.807, 2.05) is 6.07 Å². The molecule has 4 nitrogen and oxygen atoms in total. The molecule has 0 aliphatic rings. The summed E-state index contributed by atoms with van der Waals surface area (Å²) in [7, 11) is 0. The fourth-order valence-electron chi connectivity index (χ4n) is 1.59. The third-order valence-corrected chi connectivity index (χ3v) is 3.37. The van der Waals surface area contributed by atoms with Crippen LogP contribution >= 0.6 is 27.5 Å². The number of aromatic hydroxyl groups is 1. The number of phenols is 1. The number of amides is 1. The zero-order chi connectivity index (χ0) is 14.7. The molecule has 2 aromatic carbocycles. The normalized spacial score (nSPS) is 9.85. The van der Waals surface area contributed by atoms with E-state index in [2.05, 4.69) is 21.2 Å². The topological polar surface area (TPSA) is 73.1 Å². The summed E-state index contributed by atoms with van der Waals surface area (Å²) in [4.78, 5) is 12.1. The Labute approximate surface area is 128 Å². The Morgan fingerprint density at radius 1 is 1.30 bits per heavy atom. The van der Waals surface area contributed by atoms with Crippen molar-refractivity contribution in [3.05, 3.63) is 57.0 Å². The van der Waals surface area contributed by atoms with Crippen molar-refractivity contribution in [1.29, 1.82) is 5.26 Å². The van der Waals surface area contributed by atoms with Crippen LogP contribution < -0.4 is 5.32 Å². The molecule has 0 aromatic heterocycles. The van der Waals surface area contributed by atoms with Gasteiger partial charge in [0.15, 0.2) is 0 Å². The number of halogens is 2. The molecule has 6 heteroatoms. The minimum Gasteiger partial charge on any atom is -0.508 e. The predicted octanol–water partition coefficient (Wildman–Crippen LogP) is 3.93. The van der Waals surface area contributed by atoms with Crippen LogP contribution in [-0.4, -0.2) is 11.0 Å². The highest BCUT2D eigenvalue weighted by molar-refractivity contribution is 9.10. The number of hydrogen-bond acceptors (Lipinski definition) is 3. The number of anilines is 1. The van der Waals surface area contributed by atoms with Crippen LogP contribution in [0.15, 0.2) is 40.9 Å². The summed E-state index contributed by atoms with van der Waals surface area (Å²) in [6.07, 6.45) is 0. The molecule has 0 unspecified atom stereocenters. The van der Waals surface area contributed by atoms with E-state index >= 15 is 0 Å². The van der Waals surface area contributed by atoms with Crippen molar-refractivity contribution < 1.29 is 9.90 Å². The average molecular weight is 352 g/mol. The molecule has 0 radical (unpaired) electrons. The van der Waals surface area contributed by atoms with Crippen molar-refractivity contribution in [2.75, 3.05) is 5.32 Å². The first-order valence-corrected chi connectivity index (χ1v) is 6.68. The minimum absolute atomic E-state index is 0.0594. The van der Waals surface area contributed by atoms with E-state index in [1.54, 1.807) is 18.2 Å². The summed E-state index contributed by atoms with van der Waals surface area (Å²) >= 11 is 9.16. The lowest BCUT2D eigenvalue weighted by molar-refractivity contribution is 0.102. The van der Waals surface area contributed by atoms with Gasteiger partial charge in [0.2, 0.25) is 0 Å². The zero-order valence-electron chi connectivity index (χ0n) is 10.0. The molecule has 0 aliphatic carbocycles. The maximum atomic E-state index is 12.1. The zero-order valence-corrected chi connectivity index (χ0v) is 12.4. The van der Waals surface area contributed by atoms with Crippen LogP contribution in [0.1, 0.15) is 15.9 Å². The monoisotopic (exact) mass is 350 g/mol. The lowest BCUT2D eigenvalue weighted by Gasteiger charge is -2.09. The summed E-state index contributed by atoms with van der Waals surface area (Å²) in [6.45, 7) is 0. The smallest absolute Gasteiger partial charge is 0.257 e. The van der Waals surface area contributed by atoms with E-state index in [0.29, 0.717) is 11.3 Å². The maximum Gasteiger partial charge on any atom is 0.257 e. The van der Waals surface area contributed by atoms with Gasteiger partial charge in [0, 0.05) is 4.47 Å². The number of carbonyl (C=O) groups is 1. The van der Waals surface area contributed by atoms with Gasteiger partial charge in [-0.05, 0) is 36.4 Å². The molecule has 0 spiro atoms. The molecule has 20 heavy (non-hydrogen) atoms. The van der Waals surface area contributed by atoms with Crippen LogP contribution in [-0.2, 0) is 0 Å². The molecule has 1 amide bonds. The summed E-state index contributed by atoms with van der Waals surface area (Å²) in [5.41, 5.74) is 0.836. The molecule has 0 heterocycles. The maximum absolute atomic E-state index is 12.1. The number of hydrogen-bond donors (Lipinski definition) is 2. The Kier molecular flexibility index (Phi) is 4.28. The molecule has 0 atom stereocenters. The number of carbonyl (C=O) groups excluding carboxylic acids is 1. The molecule has 0 fully saturated rings. The molecule has 0 saturated carbocycles. The quantitative estimate of drug-likeness (QED) is 0.861. The van der Waals surface area contributed by atoms with E-state index in [9.17, 15) is 9.90 Å². The summed E-state index contributed by atoms with van der Waals surface area (Å²) < 4.78 is 0.738. The lowest BCUT2D eigenvalue weighted by atomic mass is 10.1. The van der Waals surface area contributed by atoms with Crippen molar-refractivity contribution in [1.82, 2.24) is 0 Å². The Morgan fingerprint density at radius 3 is 2.75 bits per heavy atom. The number of rotatable bonds is 2. The van der Waals surface area contributed by atoms with E-state index < -0.39 is 5.91 Å². The third kappa shape index (κ3) is 3.10. The van der Waals surface area contributed by atoms with Gasteiger partial charge in [0.25, 0.3) is 5.91 Å². The van der Waals surface area contributed by atoms with E-state index in [1.165, 1.54) is 18.2 Å². The van der Waals surface area contributed by atoms with Crippen LogP contribution in [0, 0.1) is 11.3 Å². The van der Waals surface area contributed by atoms with E-state index in [4.69, 9.17) is 16.9 Å². The second-order valence-corrected chi connectivity index (χ2v) is 5.24. The van der Waals surface area contributed by atoms with Crippen LogP contribution in [0.25, 0.3) is 0 Å². The van der Waals surface area contributed by atoms with Gasteiger partial charge < -0.3 is 10.4 Å². The Morgan fingerprint density at radius 2 is 2.05 bits per heavy atom. The second-order valence-electron chi connectivity index (χ2n) is 3.92. The van der Waals surface area contributed by atoms with Crippen LogP contribution in [0.2, 0.25) is 5.02 Å². The SMILES string of the molecule is N#Cc1cc(Br)ccc1NC(=O)c1cc(O)ccc1Cl. The van der Waals surface area contributed by atoms with Crippen molar-refractivity contribution in [3.8, 4) is 11.8 Å². The highest BCUT2D eigenvalue weighted by Gasteiger charge is 2.13. The third-order valence-electron chi connectivity index (χ3n) is 2.54. The molecule has 100 valence electrons. The minimum atomic E-state index is -0.496. The van der Waals surface area contributed by atoms with Gasteiger partial charge in [-0.3, -0.25) is 4.79 Å². The number of phenolic OH excluding ortho intramolecular Hbond substituents is 1. The highest BCUT2D eigenvalue weighted by Crippen LogP contribution is 2.24. The summed E-state index contributed by atoms with van der Waals surface area (Å²) in [5, 5.41) is 21.2. The molecule has 0 bridgehead atoms. The first kappa shape index (κ1) is 14.4. The van der Waals surface area contributed by atoms with Gasteiger partial charge >= 0.3 is 0 Å². The van der Waals surface area contributed by atoms with Crippen molar-refractivity contribution in [2.24, 2.45) is 0 Å². The van der Waals surface area contributed by atoms with Crippen molar-refractivity contribution in [2.45, 2.75) is 0 Å². The van der Waals surface area contributed by atoms with Gasteiger partial charge in [-0.25, -0.2) is 0 Å². The van der Waals surface area contributed by atoms with Gasteiger partial charge in [0.1, 0.15) is 11.8 Å². The largest absolute Gasteiger partial charge is 0.508 e. The molecular weight excluding hydrogens is 344 g/mol. The van der Waals surface area contributed by atoms with E-state index in [0.717, 1.165) is 4.47 Å². The number of nitrogens with one attached hydrogen (secondary N) is 1. The fourth-order valence-corrected chi connectivity index (χ4v) is 2.16. The number of benzene rings is 2. The van der Waals surface area contributed by atoms with Gasteiger partial charge in [-0.1, -0.05) is 27.5 Å². The second kappa shape index (κ2) is 5.95. The predicted molar refractivity (Wildman–Crippen MR) is 79.9 cm³/mol. The number of nitriles is 1. The summed E-state index contributed by atoms with van der Waals surface area (Å²) in [6, 6.07) is 11.0. The summed E-state index contributed by atoms with van der Waals surface area (Å²) in [5.74, 6) is -0.555. The van der Waals surface area contributed by atoms with E-state index in [-0.39, 0.29) is 16.3 Å². The van der Waals surface area contributed by atoms with Gasteiger partial charge in [0.05, 0.1) is 21.8 Å². The molecule has 2 rings (SSSR count). The molecule has 2 aromatic rings. The van der Waals surface area contributed by atoms with Crippen LogP contribution in [0.4, 0.5) is 5.69 Å². The average Bonchev–Trinajstić information content (AvgIpc) is 2.43. The fraction of sp³-hybridized carbons (Fsp3) is 0. The Bertz CT molecular complexity index is 726. The number of nitrogens with zero attached hydrogens (tertiary/aromatic N) is 1.